The molecule has 214 valence electrons. The van der Waals surface area contributed by atoms with Crippen molar-refractivity contribution in [1.82, 2.24) is 0 Å². The molecule has 3 N–H and O–H groups in total. The van der Waals surface area contributed by atoms with Gasteiger partial charge in [0.25, 0.3) is 0 Å². The first kappa shape index (κ1) is 27.2. The molecule has 8 heteroatoms. The third-order valence-electron chi connectivity index (χ3n) is 12.3. The van der Waals surface area contributed by atoms with Gasteiger partial charge in [-0.15, -0.1) is 0 Å². The molecule has 4 saturated carbocycles. The van der Waals surface area contributed by atoms with E-state index < -0.39 is 36.3 Å². The van der Waals surface area contributed by atoms with Crippen LogP contribution in [0.5, 0.6) is 0 Å². The normalized spacial score (nSPS) is 54.5. The zero-order valence-electron chi connectivity index (χ0n) is 23.3. The van der Waals surface area contributed by atoms with Gasteiger partial charge in [-0.1, -0.05) is 13.8 Å². The standard InChI is InChI=1S/C30H46O8/c1-16-24(32)26(35-4)25(33)27(37-16)38-19-7-10-28(2)18(14-19)5-6-22-21(28)8-11-29(3)20(9-12-30(22,29)34)17-13-23(31)36-15-17/h13,16,18-22,24-27,32-34H,5-12,14-15H2,1-4H3/t16?,18-,19+,20?,21+,22-,24?,25?,26?,27?,28+,29-,30+/m1/s1. The second-order valence-corrected chi connectivity index (χ2v) is 13.7. The Labute approximate surface area is 226 Å². The fraction of sp³-hybridized carbons (Fsp3) is 0.900. The summed E-state index contributed by atoms with van der Waals surface area (Å²) in [6.07, 6.45) is 6.45. The van der Waals surface area contributed by atoms with E-state index >= 15 is 0 Å². The summed E-state index contributed by atoms with van der Waals surface area (Å²) in [7, 11) is 1.49. The van der Waals surface area contributed by atoms with Crippen molar-refractivity contribution in [1.29, 1.82) is 0 Å². The van der Waals surface area contributed by atoms with Gasteiger partial charge in [0.2, 0.25) is 0 Å². The molecule has 4 aliphatic carbocycles. The van der Waals surface area contributed by atoms with E-state index in [-0.39, 0.29) is 34.7 Å². The molecular formula is C30H46O8. The van der Waals surface area contributed by atoms with Crippen molar-refractivity contribution < 1.29 is 39.1 Å². The topological polar surface area (TPSA) is 115 Å². The number of fused-ring (bicyclic) bond motifs is 5. The molecule has 0 aromatic carbocycles. The molecule has 6 unspecified atom stereocenters. The zero-order valence-corrected chi connectivity index (χ0v) is 23.3. The minimum Gasteiger partial charge on any atom is -0.458 e. The number of carbonyl (C=O) groups excluding carboxylic acids is 1. The Kier molecular flexibility index (Phi) is 6.80. The van der Waals surface area contributed by atoms with Crippen LogP contribution in [0.4, 0.5) is 0 Å². The molecule has 0 radical (unpaired) electrons. The quantitative estimate of drug-likeness (QED) is 0.372. The monoisotopic (exact) mass is 534 g/mol. The van der Waals surface area contributed by atoms with Crippen molar-refractivity contribution in [3.05, 3.63) is 11.6 Å². The highest BCUT2D eigenvalue weighted by atomic mass is 16.7. The summed E-state index contributed by atoms with van der Waals surface area (Å²) in [6, 6.07) is 0. The number of aliphatic hydroxyl groups excluding tert-OH is 2. The van der Waals surface area contributed by atoms with Gasteiger partial charge in [-0.2, -0.15) is 0 Å². The van der Waals surface area contributed by atoms with Crippen molar-refractivity contribution >= 4 is 5.97 Å². The van der Waals surface area contributed by atoms with Crippen LogP contribution in [0.15, 0.2) is 11.6 Å². The second-order valence-electron chi connectivity index (χ2n) is 13.7. The summed E-state index contributed by atoms with van der Waals surface area (Å²) in [5, 5.41) is 33.5. The lowest BCUT2D eigenvalue weighted by atomic mass is 9.43. The number of aliphatic hydroxyl groups is 3. The van der Waals surface area contributed by atoms with E-state index in [0.29, 0.717) is 18.4 Å². The average Bonchev–Trinajstić information content (AvgIpc) is 3.43. The van der Waals surface area contributed by atoms with Gasteiger partial charge in [-0.25, -0.2) is 4.79 Å². The van der Waals surface area contributed by atoms with E-state index in [4.69, 9.17) is 18.9 Å². The number of cyclic esters (lactones) is 1. The smallest absolute Gasteiger partial charge is 0.331 e. The Morgan fingerprint density at radius 2 is 1.79 bits per heavy atom. The molecule has 8 nitrogen and oxygen atoms in total. The van der Waals surface area contributed by atoms with Crippen LogP contribution in [0.25, 0.3) is 0 Å². The molecule has 0 amide bonds. The summed E-state index contributed by atoms with van der Waals surface area (Å²) in [4.78, 5) is 11.8. The van der Waals surface area contributed by atoms with E-state index in [2.05, 4.69) is 13.8 Å². The highest BCUT2D eigenvalue weighted by Crippen LogP contribution is 2.70. The Morgan fingerprint density at radius 1 is 1.00 bits per heavy atom. The predicted molar refractivity (Wildman–Crippen MR) is 138 cm³/mol. The molecule has 6 aliphatic rings. The Morgan fingerprint density at radius 3 is 2.50 bits per heavy atom. The molecular weight excluding hydrogens is 488 g/mol. The first-order valence-electron chi connectivity index (χ1n) is 14.8. The molecule has 0 spiro atoms. The van der Waals surface area contributed by atoms with Crippen LogP contribution in [0.2, 0.25) is 0 Å². The van der Waals surface area contributed by atoms with E-state index in [1.165, 1.54) is 7.11 Å². The van der Waals surface area contributed by atoms with E-state index in [1.807, 2.05) is 0 Å². The number of rotatable bonds is 4. The van der Waals surface area contributed by atoms with Gasteiger partial charge in [0.1, 0.15) is 24.9 Å². The van der Waals surface area contributed by atoms with Crippen molar-refractivity contribution in [2.24, 2.45) is 34.5 Å². The van der Waals surface area contributed by atoms with Crippen LogP contribution in [-0.4, -0.2) is 77.4 Å². The molecule has 0 aromatic heterocycles. The predicted octanol–water partition coefficient (Wildman–Crippen LogP) is 3.11. The number of ether oxygens (including phenoxy) is 4. The number of hydrogen-bond acceptors (Lipinski definition) is 8. The lowest BCUT2D eigenvalue weighted by Crippen LogP contribution is -2.62. The van der Waals surface area contributed by atoms with E-state index in [9.17, 15) is 20.1 Å². The molecule has 5 fully saturated rings. The van der Waals surface area contributed by atoms with Crippen LogP contribution in [0.1, 0.15) is 78.6 Å². The van der Waals surface area contributed by atoms with E-state index in [1.54, 1.807) is 13.0 Å². The Bertz CT molecular complexity index is 968. The maximum atomic E-state index is 12.4. The number of methoxy groups -OCH3 is 1. The summed E-state index contributed by atoms with van der Waals surface area (Å²) in [5.41, 5.74) is 0.300. The zero-order chi connectivity index (χ0) is 27.0. The first-order chi connectivity index (χ1) is 18.0. The molecule has 6 rings (SSSR count). The lowest BCUT2D eigenvalue weighted by molar-refractivity contribution is -0.313. The molecule has 1 saturated heterocycles. The maximum absolute atomic E-state index is 12.4. The molecule has 38 heavy (non-hydrogen) atoms. The summed E-state index contributed by atoms with van der Waals surface area (Å²) < 4.78 is 22.8. The van der Waals surface area contributed by atoms with Crippen LogP contribution in [-0.2, 0) is 23.7 Å². The lowest BCUT2D eigenvalue weighted by Gasteiger charge is -2.64. The average molecular weight is 535 g/mol. The van der Waals surface area contributed by atoms with Crippen molar-refractivity contribution in [2.45, 2.75) is 121 Å². The SMILES string of the molecule is COC1C(O)C(C)OC(O[C@H]2CC[C@@]3(C)[C@H](CC[C@@H]4[C@@H]3CC[C@]3(C)C(C5=CC(=O)OC5)CC[C@]43O)C2)C1O. The van der Waals surface area contributed by atoms with Gasteiger partial charge < -0.3 is 34.3 Å². The maximum Gasteiger partial charge on any atom is 0.331 e. The van der Waals surface area contributed by atoms with Crippen LogP contribution in [0, 0.1) is 34.5 Å². The minimum atomic E-state index is -1.04. The number of hydrogen-bond donors (Lipinski definition) is 3. The van der Waals surface area contributed by atoms with Gasteiger partial charge in [-0.05, 0) is 99.4 Å². The van der Waals surface area contributed by atoms with Gasteiger partial charge in [0.15, 0.2) is 6.29 Å². The van der Waals surface area contributed by atoms with Crippen molar-refractivity contribution in [3.8, 4) is 0 Å². The highest BCUT2D eigenvalue weighted by Gasteiger charge is 2.67. The van der Waals surface area contributed by atoms with Gasteiger partial charge in [0, 0.05) is 18.6 Å². The second kappa shape index (κ2) is 9.52. The number of esters is 1. The minimum absolute atomic E-state index is 0.0103. The molecule has 2 aliphatic heterocycles. The first-order valence-corrected chi connectivity index (χ1v) is 14.8. The molecule has 2 heterocycles. The van der Waals surface area contributed by atoms with Crippen molar-refractivity contribution in [2.75, 3.05) is 13.7 Å². The summed E-state index contributed by atoms with van der Waals surface area (Å²) >= 11 is 0. The van der Waals surface area contributed by atoms with E-state index in [0.717, 1.165) is 63.4 Å². The van der Waals surface area contributed by atoms with Gasteiger partial charge in [0.05, 0.1) is 17.8 Å². The van der Waals surface area contributed by atoms with Crippen LogP contribution >= 0.6 is 0 Å². The summed E-state index contributed by atoms with van der Waals surface area (Å²) in [5.74, 6) is 1.22. The Hall–Kier alpha value is -1.03. The van der Waals surface area contributed by atoms with Gasteiger partial charge >= 0.3 is 5.97 Å². The number of carbonyl (C=O) groups is 1. The van der Waals surface area contributed by atoms with Crippen molar-refractivity contribution in [3.63, 3.8) is 0 Å². The largest absolute Gasteiger partial charge is 0.458 e. The third kappa shape index (κ3) is 3.88. The fourth-order valence-corrected chi connectivity index (χ4v) is 10.1. The highest BCUT2D eigenvalue weighted by molar-refractivity contribution is 5.85. The Balaban J connectivity index is 1.16. The molecule has 0 bridgehead atoms. The fourth-order valence-electron chi connectivity index (χ4n) is 10.1. The van der Waals surface area contributed by atoms with Crippen LogP contribution < -0.4 is 0 Å². The third-order valence-corrected chi connectivity index (χ3v) is 12.3. The molecule has 0 aromatic rings. The van der Waals surface area contributed by atoms with Crippen LogP contribution in [0.3, 0.4) is 0 Å². The molecule has 13 atom stereocenters. The summed E-state index contributed by atoms with van der Waals surface area (Å²) in [6.45, 7) is 6.87. The van der Waals surface area contributed by atoms with Gasteiger partial charge in [-0.3, -0.25) is 0 Å².